The lowest BCUT2D eigenvalue weighted by molar-refractivity contribution is 0.0281. The number of hydrogen-bond acceptors (Lipinski definition) is 4. The van der Waals surface area contributed by atoms with Crippen LogP contribution in [0.2, 0.25) is 0 Å². The molecular formula is C16H29N3S. The van der Waals surface area contributed by atoms with Crippen molar-refractivity contribution in [3.63, 3.8) is 0 Å². The highest BCUT2D eigenvalue weighted by Gasteiger charge is 2.39. The summed E-state index contributed by atoms with van der Waals surface area (Å²) in [7, 11) is 6.70. The maximum atomic E-state index is 3.62. The fourth-order valence-corrected chi connectivity index (χ4v) is 3.78. The second-order valence-corrected chi connectivity index (χ2v) is 7.38. The van der Waals surface area contributed by atoms with Gasteiger partial charge in [0, 0.05) is 36.1 Å². The minimum absolute atomic E-state index is 0.439. The first-order chi connectivity index (χ1) is 9.53. The quantitative estimate of drug-likeness (QED) is 0.795. The average Bonchev–Trinajstić information content (AvgIpc) is 2.87. The zero-order valence-corrected chi connectivity index (χ0v) is 14.2. The zero-order chi connectivity index (χ0) is 14.6. The molecule has 0 aliphatic heterocycles. The maximum Gasteiger partial charge on any atom is 0.0386 e. The summed E-state index contributed by atoms with van der Waals surface area (Å²) in [6, 6.07) is 4.80. The van der Waals surface area contributed by atoms with Crippen LogP contribution in [0.25, 0.3) is 0 Å². The molecule has 0 spiro atoms. The molecule has 2 rings (SSSR count). The molecule has 1 heterocycles. The predicted octanol–water partition coefficient (Wildman–Crippen LogP) is 2.81. The molecule has 1 saturated carbocycles. The molecule has 3 nitrogen and oxygen atoms in total. The summed E-state index contributed by atoms with van der Waals surface area (Å²) >= 11 is 1.83. The second kappa shape index (κ2) is 7.03. The molecule has 1 N–H and O–H groups in total. The number of rotatable bonds is 8. The smallest absolute Gasteiger partial charge is 0.0386 e. The molecule has 0 aromatic carbocycles. The Hall–Kier alpha value is -0.420. The monoisotopic (exact) mass is 295 g/mol. The highest BCUT2D eigenvalue weighted by molar-refractivity contribution is 7.10. The molecule has 20 heavy (non-hydrogen) atoms. The van der Waals surface area contributed by atoms with E-state index in [9.17, 15) is 0 Å². The molecule has 114 valence electrons. The van der Waals surface area contributed by atoms with Crippen molar-refractivity contribution in [2.75, 3.05) is 40.8 Å². The van der Waals surface area contributed by atoms with Gasteiger partial charge in [0.05, 0.1) is 0 Å². The Morgan fingerprint density at radius 1 is 1.35 bits per heavy atom. The number of nitrogens with zero attached hydrogens (tertiary/aromatic N) is 2. The number of hydrogen-bond donors (Lipinski definition) is 1. The Balaban J connectivity index is 1.69. The SMILES string of the molecule is CC(NCCN(C)CC1(N(C)C)CCC1)c1cccs1. The zero-order valence-electron chi connectivity index (χ0n) is 13.4. The summed E-state index contributed by atoms with van der Waals surface area (Å²) in [5, 5.41) is 5.77. The van der Waals surface area contributed by atoms with Crippen LogP contribution in [0.15, 0.2) is 17.5 Å². The van der Waals surface area contributed by atoms with E-state index < -0.39 is 0 Å². The van der Waals surface area contributed by atoms with Crippen molar-refractivity contribution in [1.82, 2.24) is 15.1 Å². The van der Waals surface area contributed by atoms with Gasteiger partial charge in [0.25, 0.3) is 0 Å². The third-order valence-corrected chi connectivity index (χ3v) is 5.77. The molecule has 1 aromatic rings. The Kier molecular flexibility index (Phi) is 5.61. The van der Waals surface area contributed by atoms with Gasteiger partial charge in [-0.05, 0) is 58.8 Å². The van der Waals surface area contributed by atoms with Crippen LogP contribution in [0.3, 0.4) is 0 Å². The van der Waals surface area contributed by atoms with E-state index in [1.54, 1.807) is 0 Å². The Morgan fingerprint density at radius 3 is 2.60 bits per heavy atom. The number of nitrogens with one attached hydrogen (secondary N) is 1. The largest absolute Gasteiger partial charge is 0.308 e. The van der Waals surface area contributed by atoms with Crippen molar-refractivity contribution in [3.8, 4) is 0 Å². The lowest BCUT2D eigenvalue weighted by atomic mass is 9.75. The van der Waals surface area contributed by atoms with E-state index in [-0.39, 0.29) is 0 Å². The molecule has 1 aromatic heterocycles. The van der Waals surface area contributed by atoms with Crippen LogP contribution in [0, 0.1) is 0 Å². The molecule has 1 atom stereocenters. The van der Waals surface area contributed by atoms with Gasteiger partial charge in [-0.3, -0.25) is 0 Å². The summed E-state index contributed by atoms with van der Waals surface area (Å²) in [4.78, 5) is 6.33. The predicted molar refractivity (Wildman–Crippen MR) is 88.5 cm³/mol. The van der Waals surface area contributed by atoms with Crippen molar-refractivity contribution < 1.29 is 0 Å². The first-order valence-corrected chi connectivity index (χ1v) is 8.54. The van der Waals surface area contributed by atoms with Crippen LogP contribution in [0.5, 0.6) is 0 Å². The minimum Gasteiger partial charge on any atom is -0.308 e. The third-order valence-electron chi connectivity index (χ3n) is 4.71. The van der Waals surface area contributed by atoms with Crippen molar-refractivity contribution in [2.45, 2.75) is 37.8 Å². The molecular weight excluding hydrogens is 266 g/mol. The first-order valence-electron chi connectivity index (χ1n) is 7.66. The molecule has 1 aliphatic rings. The van der Waals surface area contributed by atoms with Crippen LogP contribution in [0.4, 0.5) is 0 Å². The molecule has 0 bridgehead atoms. The number of thiophene rings is 1. The topological polar surface area (TPSA) is 18.5 Å². The van der Waals surface area contributed by atoms with Crippen LogP contribution in [-0.2, 0) is 0 Å². The van der Waals surface area contributed by atoms with E-state index in [2.05, 4.69) is 60.7 Å². The third kappa shape index (κ3) is 3.82. The van der Waals surface area contributed by atoms with Crippen LogP contribution in [0.1, 0.15) is 37.1 Å². The van der Waals surface area contributed by atoms with E-state index in [4.69, 9.17) is 0 Å². The second-order valence-electron chi connectivity index (χ2n) is 6.40. The highest BCUT2D eigenvalue weighted by atomic mass is 32.1. The van der Waals surface area contributed by atoms with Gasteiger partial charge in [0.1, 0.15) is 0 Å². The highest BCUT2D eigenvalue weighted by Crippen LogP contribution is 2.36. The van der Waals surface area contributed by atoms with Gasteiger partial charge in [-0.2, -0.15) is 0 Å². The molecule has 1 unspecified atom stereocenters. The van der Waals surface area contributed by atoms with E-state index in [1.165, 1.54) is 30.7 Å². The molecule has 1 aliphatic carbocycles. The lowest BCUT2D eigenvalue weighted by Gasteiger charge is -2.49. The fourth-order valence-electron chi connectivity index (χ4n) is 3.02. The Labute approximate surface area is 128 Å². The van der Waals surface area contributed by atoms with Crippen molar-refractivity contribution in [3.05, 3.63) is 22.4 Å². The molecule has 0 saturated heterocycles. The molecule has 0 amide bonds. The van der Waals surface area contributed by atoms with E-state index in [0.29, 0.717) is 11.6 Å². The first kappa shape index (κ1) is 16.0. The Morgan fingerprint density at radius 2 is 2.10 bits per heavy atom. The fraction of sp³-hybridized carbons (Fsp3) is 0.750. The van der Waals surface area contributed by atoms with Gasteiger partial charge < -0.3 is 15.1 Å². The summed E-state index contributed by atoms with van der Waals surface area (Å²) in [6.07, 6.45) is 4.09. The van der Waals surface area contributed by atoms with Gasteiger partial charge in [-0.15, -0.1) is 11.3 Å². The summed E-state index contributed by atoms with van der Waals surface area (Å²) in [5.41, 5.74) is 0.439. The summed E-state index contributed by atoms with van der Waals surface area (Å²) in [5.74, 6) is 0. The normalized spacial score (nSPS) is 19.3. The van der Waals surface area contributed by atoms with Crippen molar-refractivity contribution >= 4 is 11.3 Å². The lowest BCUT2D eigenvalue weighted by Crippen LogP contribution is -2.57. The molecule has 0 radical (unpaired) electrons. The van der Waals surface area contributed by atoms with E-state index in [0.717, 1.165) is 13.1 Å². The van der Waals surface area contributed by atoms with Gasteiger partial charge in [-0.1, -0.05) is 6.07 Å². The average molecular weight is 295 g/mol. The van der Waals surface area contributed by atoms with Gasteiger partial charge in [-0.25, -0.2) is 0 Å². The van der Waals surface area contributed by atoms with Gasteiger partial charge in [0.15, 0.2) is 0 Å². The molecule has 1 fully saturated rings. The van der Waals surface area contributed by atoms with Gasteiger partial charge >= 0.3 is 0 Å². The summed E-state index contributed by atoms with van der Waals surface area (Å²) < 4.78 is 0. The summed E-state index contributed by atoms with van der Waals surface area (Å²) in [6.45, 7) is 5.61. The standard InChI is InChI=1S/C16H29N3S/c1-14(15-7-5-12-20-15)17-10-11-19(4)13-16(18(2)3)8-6-9-16/h5,7,12,14,17H,6,8-11,13H2,1-4H3. The number of likely N-dealkylation sites (N-methyl/N-ethyl adjacent to an activating group) is 2. The van der Waals surface area contributed by atoms with E-state index >= 15 is 0 Å². The minimum atomic E-state index is 0.439. The molecule has 4 heteroatoms. The van der Waals surface area contributed by atoms with Crippen molar-refractivity contribution in [2.24, 2.45) is 0 Å². The van der Waals surface area contributed by atoms with Crippen LogP contribution in [-0.4, -0.2) is 56.1 Å². The maximum absolute atomic E-state index is 3.62. The Bertz CT molecular complexity index is 384. The van der Waals surface area contributed by atoms with Crippen LogP contribution >= 0.6 is 11.3 Å². The van der Waals surface area contributed by atoms with Crippen LogP contribution < -0.4 is 5.32 Å². The van der Waals surface area contributed by atoms with E-state index in [1.807, 2.05) is 11.3 Å². The van der Waals surface area contributed by atoms with Crippen molar-refractivity contribution in [1.29, 1.82) is 0 Å². The van der Waals surface area contributed by atoms with Gasteiger partial charge in [0.2, 0.25) is 0 Å².